The number of thiazole rings is 1. The highest BCUT2D eigenvalue weighted by Gasteiger charge is 2.24. The quantitative estimate of drug-likeness (QED) is 0.580. The molecule has 1 heterocycles. The van der Waals surface area contributed by atoms with Gasteiger partial charge >= 0.3 is 0 Å². The molecule has 0 atom stereocenters. The Morgan fingerprint density at radius 1 is 1.69 bits per heavy atom. The number of aromatic nitrogens is 1. The molecule has 0 saturated carbocycles. The molecule has 0 saturated heterocycles. The Bertz CT molecular complexity index is 346. The van der Waals surface area contributed by atoms with Crippen molar-refractivity contribution in [3.05, 3.63) is 29.2 Å². The second kappa shape index (κ2) is 5.77. The zero-order chi connectivity index (χ0) is 12.0. The molecule has 1 aromatic heterocycles. The van der Waals surface area contributed by atoms with E-state index in [1.54, 1.807) is 12.3 Å². The molecule has 0 unspecified atom stereocenters. The van der Waals surface area contributed by atoms with Gasteiger partial charge in [-0.25, -0.2) is 4.98 Å². The van der Waals surface area contributed by atoms with Crippen LogP contribution >= 0.6 is 11.3 Å². The highest BCUT2D eigenvalue weighted by atomic mass is 32.1. The van der Waals surface area contributed by atoms with Gasteiger partial charge in [0.1, 0.15) is 5.01 Å². The van der Waals surface area contributed by atoms with E-state index in [9.17, 15) is 4.79 Å². The Morgan fingerprint density at radius 3 is 3.00 bits per heavy atom. The molecule has 0 aromatic carbocycles. The molecule has 2 N–H and O–H groups in total. The van der Waals surface area contributed by atoms with E-state index in [4.69, 9.17) is 0 Å². The molecule has 0 spiro atoms. The van der Waals surface area contributed by atoms with Crippen LogP contribution in [-0.4, -0.2) is 24.0 Å². The number of hydrogen-bond acceptors (Lipinski definition) is 4. The highest BCUT2D eigenvalue weighted by Crippen LogP contribution is 2.21. The van der Waals surface area contributed by atoms with Gasteiger partial charge in [0.05, 0.1) is 12.1 Å². The predicted molar refractivity (Wildman–Crippen MR) is 66.3 cm³/mol. The molecule has 1 rings (SSSR count). The van der Waals surface area contributed by atoms with Crippen molar-refractivity contribution in [1.82, 2.24) is 15.6 Å². The van der Waals surface area contributed by atoms with Gasteiger partial charge in [-0.05, 0) is 13.8 Å². The summed E-state index contributed by atoms with van der Waals surface area (Å²) in [6.45, 7) is 8.38. The molecular weight excluding hydrogens is 222 g/mol. The van der Waals surface area contributed by atoms with Crippen molar-refractivity contribution < 1.29 is 4.79 Å². The smallest absolute Gasteiger partial charge is 0.234 e. The van der Waals surface area contributed by atoms with Crippen molar-refractivity contribution in [3.8, 4) is 0 Å². The Hall–Kier alpha value is -1.20. The van der Waals surface area contributed by atoms with Crippen molar-refractivity contribution in [1.29, 1.82) is 0 Å². The molecule has 5 heteroatoms. The Kier molecular flexibility index (Phi) is 4.64. The fourth-order valence-electron chi connectivity index (χ4n) is 1.27. The SMILES string of the molecule is C=CCNCC(=O)NC(C)(C)c1nccs1. The van der Waals surface area contributed by atoms with Crippen LogP contribution in [0.3, 0.4) is 0 Å². The maximum atomic E-state index is 11.6. The summed E-state index contributed by atoms with van der Waals surface area (Å²) in [7, 11) is 0. The first kappa shape index (κ1) is 12.9. The van der Waals surface area contributed by atoms with Crippen LogP contribution < -0.4 is 10.6 Å². The summed E-state index contributed by atoms with van der Waals surface area (Å²) in [5.74, 6) is -0.0398. The van der Waals surface area contributed by atoms with Gasteiger partial charge in [-0.3, -0.25) is 4.79 Å². The van der Waals surface area contributed by atoms with Crippen LogP contribution in [0.5, 0.6) is 0 Å². The van der Waals surface area contributed by atoms with Crippen LogP contribution in [0.15, 0.2) is 24.2 Å². The van der Waals surface area contributed by atoms with E-state index < -0.39 is 5.54 Å². The van der Waals surface area contributed by atoms with E-state index in [1.807, 2.05) is 19.2 Å². The van der Waals surface area contributed by atoms with Crippen molar-refractivity contribution >= 4 is 17.2 Å². The minimum Gasteiger partial charge on any atom is -0.344 e. The van der Waals surface area contributed by atoms with E-state index in [1.165, 1.54) is 11.3 Å². The third-order valence-corrected chi connectivity index (χ3v) is 3.09. The van der Waals surface area contributed by atoms with E-state index in [0.717, 1.165) is 5.01 Å². The maximum absolute atomic E-state index is 11.6. The van der Waals surface area contributed by atoms with Gasteiger partial charge < -0.3 is 10.6 Å². The minimum absolute atomic E-state index is 0.0398. The fraction of sp³-hybridized carbons (Fsp3) is 0.455. The van der Waals surface area contributed by atoms with Crippen LogP contribution in [-0.2, 0) is 10.3 Å². The lowest BCUT2D eigenvalue weighted by molar-refractivity contribution is -0.121. The van der Waals surface area contributed by atoms with Crippen LogP contribution in [0.4, 0.5) is 0 Å². The lowest BCUT2D eigenvalue weighted by Crippen LogP contribution is -2.44. The molecule has 0 bridgehead atoms. The molecule has 1 amide bonds. The van der Waals surface area contributed by atoms with Crippen molar-refractivity contribution in [2.75, 3.05) is 13.1 Å². The van der Waals surface area contributed by atoms with Gasteiger partial charge in [-0.15, -0.1) is 17.9 Å². The van der Waals surface area contributed by atoms with E-state index in [0.29, 0.717) is 13.1 Å². The zero-order valence-corrected chi connectivity index (χ0v) is 10.4. The summed E-state index contributed by atoms with van der Waals surface area (Å²) in [6, 6.07) is 0. The third kappa shape index (κ3) is 3.75. The first-order valence-corrected chi connectivity index (χ1v) is 5.97. The molecule has 0 fully saturated rings. The number of hydrogen-bond donors (Lipinski definition) is 2. The zero-order valence-electron chi connectivity index (χ0n) is 9.62. The van der Waals surface area contributed by atoms with Crippen molar-refractivity contribution in [2.45, 2.75) is 19.4 Å². The minimum atomic E-state index is -0.416. The van der Waals surface area contributed by atoms with Crippen LogP contribution in [0.1, 0.15) is 18.9 Å². The molecule has 4 nitrogen and oxygen atoms in total. The number of rotatable bonds is 6. The topological polar surface area (TPSA) is 54.0 Å². The third-order valence-electron chi connectivity index (χ3n) is 1.99. The number of amides is 1. The number of carbonyl (C=O) groups excluding carboxylic acids is 1. The summed E-state index contributed by atoms with van der Waals surface area (Å²) in [4.78, 5) is 15.8. The first-order valence-electron chi connectivity index (χ1n) is 5.09. The molecule has 0 radical (unpaired) electrons. The summed E-state index contributed by atoms with van der Waals surface area (Å²) in [5, 5.41) is 8.69. The second-order valence-corrected chi connectivity index (χ2v) is 4.82. The fourth-order valence-corrected chi connectivity index (χ4v) is 1.98. The molecule has 0 aliphatic rings. The van der Waals surface area contributed by atoms with E-state index in [-0.39, 0.29) is 5.91 Å². The molecule has 0 aliphatic heterocycles. The van der Waals surface area contributed by atoms with Crippen LogP contribution in [0.2, 0.25) is 0 Å². The highest BCUT2D eigenvalue weighted by molar-refractivity contribution is 7.09. The summed E-state index contributed by atoms with van der Waals surface area (Å²) in [5.41, 5.74) is -0.416. The monoisotopic (exact) mass is 239 g/mol. The number of nitrogens with one attached hydrogen (secondary N) is 2. The molecule has 88 valence electrons. The van der Waals surface area contributed by atoms with E-state index >= 15 is 0 Å². The molecule has 16 heavy (non-hydrogen) atoms. The normalized spacial score (nSPS) is 11.1. The van der Waals surface area contributed by atoms with E-state index in [2.05, 4.69) is 22.2 Å². The summed E-state index contributed by atoms with van der Waals surface area (Å²) in [6.07, 6.45) is 3.46. The average molecular weight is 239 g/mol. The van der Waals surface area contributed by atoms with Crippen molar-refractivity contribution in [2.24, 2.45) is 0 Å². The Morgan fingerprint density at radius 2 is 2.44 bits per heavy atom. The second-order valence-electron chi connectivity index (χ2n) is 3.93. The largest absolute Gasteiger partial charge is 0.344 e. The molecule has 0 aliphatic carbocycles. The first-order chi connectivity index (χ1) is 7.56. The standard InChI is InChI=1S/C11H17N3OS/c1-4-5-12-8-9(15)14-11(2,3)10-13-6-7-16-10/h4,6-7,12H,1,5,8H2,2-3H3,(H,14,15). The van der Waals surface area contributed by atoms with Gasteiger partial charge in [-0.2, -0.15) is 0 Å². The van der Waals surface area contributed by atoms with Gasteiger partial charge in [-0.1, -0.05) is 6.08 Å². The predicted octanol–water partition coefficient (Wildman–Crippen LogP) is 1.27. The Labute approximate surface area is 99.8 Å². The molecular formula is C11H17N3OS. The summed E-state index contributed by atoms with van der Waals surface area (Å²) >= 11 is 1.54. The van der Waals surface area contributed by atoms with Crippen LogP contribution in [0, 0.1) is 0 Å². The van der Waals surface area contributed by atoms with Crippen LogP contribution in [0.25, 0.3) is 0 Å². The van der Waals surface area contributed by atoms with Gasteiger partial charge in [0.2, 0.25) is 5.91 Å². The maximum Gasteiger partial charge on any atom is 0.234 e. The van der Waals surface area contributed by atoms with Gasteiger partial charge in [0, 0.05) is 18.1 Å². The number of carbonyl (C=O) groups is 1. The number of nitrogens with zero attached hydrogens (tertiary/aromatic N) is 1. The molecule has 1 aromatic rings. The Balaban J connectivity index is 2.46. The average Bonchev–Trinajstić information content (AvgIpc) is 2.70. The lowest BCUT2D eigenvalue weighted by Gasteiger charge is -2.23. The lowest BCUT2D eigenvalue weighted by atomic mass is 10.1. The summed E-state index contributed by atoms with van der Waals surface area (Å²) < 4.78 is 0. The van der Waals surface area contributed by atoms with Gasteiger partial charge in [0.25, 0.3) is 0 Å². The van der Waals surface area contributed by atoms with Crippen molar-refractivity contribution in [3.63, 3.8) is 0 Å². The van der Waals surface area contributed by atoms with Gasteiger partial charge in [0.15, 0.2) is 0 Å².